The van der Waals surface area contributed by atoms with Gasteiger partial charge in [0.2, 0.25) is 15.9 Å². The lowest BCUT2D eigenvalue weighted by Crippen LogP contribution is -2.40. The fourth-order valence-electron chi connectivity index (χ4n) is 2.57. The molecule has 1 aromatic rings. The molecule has 1 heterocycles. The Kier molecular flexibility index (Phi) is 6.74. The first-order valence-electron chi connectivity index (χ1n) is 8.39. The number of amides is 1. The zero-order chi connectivity index (χ0) is 19.3. The number of aryl methyl sites for hydroxylation is 1. The van der Waals surface area contributed by atoms with E-state index in [2.05, 4.69) is 0 Å². The highest BCUT2D eigenvalue weighted by Crippen LogP contribution is 2.18. The van der Waals surface area contributed by atoms with Gasteiger partial charge in [-0.1, -0.05) is 12.1 Å². The fourth-order valence-corrected chi connectivity index (χ4v) is 3.98. The van der Waals surface area contributed by atoms with Crippen LogP contribution in [0.3, 0.4) is 0 Å². The second-order valence-electron chi connectivity index (χ2n) is 6.18. The van der Waals surface area contributed by atoms with Crippen molar-refractivity contribution in [3.05, 3.63) is 29.8 Å². The van der Waals surface area contributed by atoms with Crippen molar-refractivity contribution in [3.63, 3.8) is 0 Å². The van der Waals surface area contributed by atoms with Gasteiger partial charge in [-0.3, -0.25) is 4.79 Å². The summed E-state index contributed by atoms with van der Waals surface area (Å²) in [5, 5.41) is 8.94. The third-order valence-corrected chi connectivity index (χ3v) is 6.40. The number of rotatable bonds is 7. The minimum atomic E-state index is -3.53. The minimum absolute atomic E-state index is 0.156. The van der Waals surface area contributed by atoms with E-state index >= 15 is 0 Å². The number of aliphatic carboxylic acids is 1. The van der Waals surface area contributed by atoms with Crippen LogP contribution >= 0.6 is 0 Å². The van der Waals surface area contributed by atoms with Crippen molar-refractivity contribution >= 4 is 21.9 Å². The van der Waals surface area contributed by atoms with Crippen LogP contribution in [0.15, 0.2) is 29.2 Å². The van der Waals surface area contributed by atoms with Gasteiger partial charge in [0.15, 0.2) is 0 Å². The van der Waals surface area contributed by atoms with E-state index < -0.39 is 22.0 Å². The molecular weight excluding hydrogens is 360 g/mol. The first kappa shape index (κ1) is 20.3. The number of ether oxygens (including phenoxy) is 1. The number of sulfonamides is 1. The van der Waals surface area contributed by atoms with E-state index in [1.54, 1.807) is 12.1 Å². The van der Waals surface area contributed by atoms with Crippen molar-refractivity contribution in [1.82, 2.24) is 9.21 Å². The third-order valence-electron chi connectivity index (χ3n) is 4.49. The summed E-state index contributed by atoms with van der Waals surface area (Å²) in [5.74, 6) is -1.33. The molecule has 1 fully saturated rings. The van der Waals surface area contributed by atoms with E-state index in [0.29, 0.717) is 32.7 Å². The molecule has 1 aromatic carbocycles. The maximum Gasteiger partial charge on any atom is 0.326 e. The van der Waals surface area contributed by atoms with E-state index in [0.717, 1.165) is 5.56 Å². The van der Waals surface area contributed by atoms with Gasteiger partial charge in [0.25, 0.3) is 0 Å². The van der Waals surface area contributed by atoms with Crippen molar-refractivity contribution in [2.75, 3.05) is 33.4 Å². The maximum atomic E-state index is 12.5. The molecule has 1 N–H and O–H groups in total. The van der Waals surface area contributed by atoms with Crippen LogP contribution in [-0.4, -0.2) is 74.0 Å². The molecule has 1 atom stereocenters. The van der Waals surface area contributed by atoms with Crippen molar-refractivity contribution in [2.45, 2.75) is 30.7 Å². The molecule has 0 radical (unpaired) electrons. The van der Waals surface area contributed by atoms with E-state index in [-0.39, 0.29) is 17.2 Å². The smallest absolute Gasteiger partial charge is 0.326 e. The summed E-state index contributed by atoms with van der Waals surface area (Å²) in [7, 11) is -2.07. The number of likely N-dealkylation sites (N-methyl/N-ethyl adjacent to an activating group) is 1. The van der Waals surface area contributed by atoms with E-state index in [4.69, 9.17) is 9.84 Å². The Morgan fingerprint density at radius 1 is 1.23 bits per heavy atom. The van der Waals surface area contributed by atoms with Gasteiger partial charge in [-0.05, 0) is 31.0 Å². The van der Waals surface area contributed by atoms with Crippen molar-refractivity contribution in [1.29, 1.82) is 0 Å². The Morgan fingerprint density at radius 2 is 1.81 bits per heavy atom. The number of carboxylic acid groups (broad SMARTS) is 1. The zero-order valence-electron chi connectivity index (χ0n) is 14.9. The Labute approximate surface area is 153 Å². The summed E-state index contributed by atoms with van der Waals surface area (Å²) < 4.78 is 31.7. The van der Waals surface area contributed by atoms with E-state index in [1.165, 1.54) is 35.3 Å². The first-order chi connectivity index (χ1) is 12.2. The molecule has 144 valence electrons. The summed E-state index contributed by atoms with van der Waals surface area (Å²) >= 11 is 0. The SMILES string of the molecule is CC(C(=O)O)N(C)C(=O)CCc1ccc(S(=O)(=O)N2CCOCC2)cc1. The molecule has 0 bridgehead atoms. The van der Waals surface area contributed by atoms with Crippen molar-refractivity contribution in [2.24, 2.45) is 0 Å². The van der Waals surface area contributed by atoms with Gasteiger partial charge in [-0.2, -0.15) is 4.31 Å². The molecule has 0 saturated carbocycles. The molecule has 1 unspecified atom stereocenters. The molecule has 1 saturated heterocycles. The number of morpholine rings is 1. The average molecular weight is 384 g/mol. The lowest BCUT2D eigenvalue weighted by atomic mass is 10.1. The molecule has 8 nitrogen and oxygen atoms in total. The van der Waals surface area contributed by atoms with Crippen LogP contribution in [0.25, 0.3) is 0 Å². The summed E-state index contributed by atoms with van der Waals surface area (Å²) in [6.07, 6.45) is 0.567. The monoisotopic (exact) mass is 384 g/mol. The second-order valence-corrected chi connectivity index (χ2v) is 8.12. The van der Waals surface area contributed by atoms with Crippen LogP contribution in [0.4, 0.5) is 0 Å². The molecule has 0 aliphatic carbocycles. The van der Waals surface area contributed by atoms with Crippen LogP contribution in [-0.2, 0) is 30.8 Å². The predicted molar refractivity (Wildman–Crippen MR) is 94.2 cm³/mol. The zero-order valence-corrected chi connectivity index (χ0v) is 15.7. The number of benzene rings is 1. The number of hydrogen-bond acceptors (Lipinski definition) is 5. The first-order valence-corrected chi connectivity index (χ1v) is 9.83. The van der Waals surface area contributed by atoms with Crippen LogP contribution in [0.2, 0.25) is 0 Å². The second kappa shape index (κ2) is 8.61. The highest BCUT2D eigenvalue weighted by Gasteiger charge is 2.26. The third kappa shape index (κ3) is 4.80. The van der Waals surface area contributed by atoms with Crippen LogP contribution in [0.5, 0.6) is 0 Å². The van der Waals surface area contributed by atoms with Gasteiger partial charge >= 0.3 is 5.97 Å². The van der Waals surface area contributed by atoms with E-state index in [9.17, 15) is 18.0 Å². The molecule has 9 heteroatoms. The lowest BCUT2D eigenvalue weighted by Gasteiger charge is -2.26. The Morgan fingerprint density at radius 3 is 2.35 bits per heavy atom. The Balaban J connectivity index is 1.97. The maximum absolute atomic E-state index is 12.5. The molecule has 1 aliphatic heterocycles. The summed E-state index contributed by atoms with van der Waals surface area (Å²) in [6, 6.07) is 5.55. The standard InChI is InChI=1S/C17H24N2O6S/c1-13(17(21)22)18(2)16(20)8-5-14-3-6-15(7-4-14)26(23,24)19-9-11-25-12-10-19/h3-4,6-7,13H,5,8-12H2,1-2H3,(H,21,22). The Bertz CT molecular complexity index is 741. The average Bonchev–Trinajstić information content (AvgIpc) is 2.65. The summed E-state index contributed by atoms with van der Waals surface area (Å²) in [6.45, 7) is 2.91. The molecule has 1 amide bonds. The van der Waals surface area contributed by atoms with Gasteiger partial charge in [0, 0.05) is 26.6 Å². The molecule has 0 spiro atoms. The van der Waals surface area contributed by atoms with E-state index in [1.807, 2.05) is 0 Å². The molecule has 2 rings (SSSR count). The fraction of sp³-hybridized carbons (Fsp3) is 0.529. The molecule has 26 heavy (non-hydrogen) atoms. The topological polar surface area (TPSA) is 104 Å². The van der Waals surface area contributed by atoms with Gasteiger partial charge in [-0.25, -0.2) is 13.2 Å². The molecule has 0 aromatic heterocycles. The number of carbonyl (C=O) groups is 2. The highest BCUT2D eigenvalue weighted by molar-refractivity contribution is 7.89. The van der Waals surface area contributed by atoms with Gasteiger partial charge < -0.3 is 14.7 Å². The normalized spacial score (nSPS) is 16.8. The number of nitrogens with zero attached hydrogens (tertiary/aromatic N) is 2. The number of carbonyl (C=O) groups excluding carboxylic acids is 1. The Hall–Kier alpha value is -1.97. The van der Waals surface area contributed by atoms with Gasteiger partial charge in [-0.15, -0.1) is 0 Å². The van der Waals surface area contributed by atoms with Crippen LogP contribution in [0.1, 0.15) is 18.9 Å². The quantitative estimate of drug-likeness (QED) is 0.737. The number of carboxylic acids is 1. The predicted octanol–water partition coefficient (Wildman–Crippen LogP) is 0.572. The summed E-state index contributed by atoms with van der Waals surface area (Å²) in [4.78, 5) is 24.4. The van der Waals surface area contributed by atoms with Crippen LogP contribution < -0.4 is 0 Å². The van der Waals surface area contributed by atoms with Crippen molar-refractivity contribution in [3.8, 4) is 0 Å². The van der Waals surface area contributed by atoms with Gasteiger partial charge in [0.05, 0.1) is 18.1 Å². The molecular formula is C17H24N2O6S. The number of hydrogen-bond donors (Lipinski definition) is 1. The largest absolute Gasteiger partial charge is 0.480 e. The molecule has 1 aliphatic rings. The van der Waals surface area contributed by atoms with Gasteiger partial charge in [0.1, 0.15) is 6.04 Å². The minimum Gasteiger partial charge on any atom is -0.480 e. The lowest BCUT2D eigenvalue weighted by molar-refractivity contribution is -0.148. The van der Waals surface area contributed by atoms with Crippen molar-refractivity contribution < 1.29 is 27.9 Å². The highest BCUT2D eigenvalue weighted by atomic mass is 32.2. The van der Waals surface area contributed by atoms with Crippen LogP contribution in [0, 0.1) is 0 Å². The summed E-state index contributed by atoms with van der Waals surface area (Å²) in [5.41, 5.74) is 0.815.